The molecule has 0 unspecified atom stereocenters. The minimum absolute atomic E-state index is 1.10. The number of pyridine rings is 1. The van der Waals surface area contributed by atoms with Gasteiger partial charge in [0.1, 0.15) is 0 Å². The van der Waals surface area contributed by atoms with Gasteiger partial charge < -0.3 is 4.40 Å². The van der Waals surface area contributed by atoms with Gasteiger partial charge in [0.15, 0.2) is 0 Å². The quantitative estimate of drug-likeness (QED) is 0.176. The number of nitrogens with zero attached hydrogens (tertiary/aromatic N) is 1. The molecule has 2 heteroatoms. The summed E-state index contributed by atoms with van der Waals surface area (Å²) in [5, 5.41) is 7.91. The van der Waals surface area contributed by atoms with Crippen LogP contribution in [0.25, 0.3) is 60.0 Å². The van der Waals surface area contributed by atoms with Gasteiger partial charge in [0.2, 0.25) is 0 Å². The van der Waals surface area contributed by atoms with Crippen molar-refractivity contribution >= 4 is 64.8 Å². The van der Waals surface area contributed by atoms with Crippen LogP contribution in [0.1, 0.15) is 0 Å². The second-order valence-electron chi connectivity index (χ2n) is 7.96. The van der Waals surface area contributed by atoms with Crippen LogP contribution in [-0.4, -0.2) is 4.40 Å². The number of benzene rings is 5. The topological polar surface area (TPSA) is 4.41 Å². The molecule has 0 aliphatic carbocycles. The van der Waals surface area contributed by atoms with Crippen LogP contribution in [0.2, 0.25) is 0 Å². The molecule has 0 aliphatic rings. The van der Waals surface area contributed by atoms with Crippen molar-refractivity contribution in [3.05, 3.63) is 102 Å². The normalized spacial score (nSPS) is 12.2. The van der Waals surface area contributed by atoms with Gasteiger partial charge in [-0.1, -0.05) is 88.7 Å². The molecule has 1 nitrogen and oxygen atoms in total. The maximum Gasteiger partial charge on any atom is 0.0625 e. The Labute approximate surface area is 181 Å². The van der Waals surface area contributed by atoms with E-state index in [-0.39, 0.29) is 0 Å². The van der Waals surface area contributed by atoms with Gasteiger partial charge >= 0.3 is 0 Å². The first-order valence-electron chi connectivity index (χ1n) is 10.2. The average molecular weight is 446 g/mol. The van der Waals surface area contributed by atoms with E-state index in [0.29, 0.717) is 0 Å². The molecule has 140 valence electrons. The molecule has 0 spiro atoms. The Morgan fingerprint density at radius 1 is 0.533 bits per heavy atom. The summed E-state index contributed by atoms with van der Waals surface area (Å²) in [5.74, 6) is 0. The Morgan fingerprint density at radius 2 is 1.27 bits per heavy atom. The zero-order valence-electron chi connectivity index (χ0n) is 16.1. The molecule has 0 bridgehead atoms. The molecule has 0 fully saturated rings. The van der Waals surface area contributed by atoms with Crippen LogP contribution in [0.5, 0.6) is 0 Å². The van der Waals surface area contributed by atoms with Crippen molar-refractivity contribution < 1.29 is 0 Å². The van der Waals surface area contributed by atoms with Crippen molar-refractivity contribution in [3.8, 4) is 11.1 Å². The SMILES string of the molecule is Brc1ccc(-c2ccc3c4ccc5cccc6c7ccccc7n(c3c2)c4c56)cc1. The first kappa shape index (κ1) is 16.4. The third kappa shape index (κ3) is 2.07. The summed E-state index contributed by atoms with van der Waals surface area (Å²) in [7, 11) is 0. The molecule has 0 aliphatic heterocycles. The third-order valence-electron chi connectivity index (χ3n) is 6.38. The van der Waals surface area contributed by atoms with Crippen LogP contribution >= 0.6 is 15.9 Å². The lowest BCUT2D eigenvalue weighted by Gasteiger charge is -2.12. The molecule has 0 saturated heterocycles. The molecule has 0 radical (unpaired) electrons. The lowest BCUT2D eigenvalue weighted by Crippen LogP contribution is -1.92. The predicted molar refractivity (Wildman–Crippen MR) is 132 cm³/mol. The highest BCUT2D eigenvalue weighted by Crippen LogP contribution is 2.41. The van der Waals surface area contributed by atoms with Crippen LogP contribution in [0.4, 0.5) is 0 Å². The van der Waals surface area contributed by atoms with Gasteiger partial charge in [-0.3, -0.25) is 0 Å². The summed E-state index contributed by atoms with van der Waals surface area (Å²) < 4.78 is 3.57. The molecular weight excluding hydrogens is 430 g/mol. The van der Waals surface area contributed by atoms with Gasteiger partial charge in [-0.25, -0.2) is 0 Å². The Kier molecular flexibility index (Phi) is 3.20. The Hall–Kier alpha value is -3.36. The number of rotatable bonds is 1. The fraction of sp³-hybridized carbons (Fsp3) is 0. The molecule has 0 saturated carbocycles. The zero-order valence-corrected chi connectivity index (χ0v) is 17.6. The molecule has 7 aromatic rings. The number of para-hydroxylation sites is 1. The minimum atomic E-state index is 1.10. The monoisotopic (exact) mass is 445 g/mol. The molecule has 0 atom stereocenters. The van der Waals surface area contributed by atoms with E-state index in [1.807, 2.05) is 0 Å². The summed E-state index contributed by atoms with van der Waals surface area (Å²) in [6, 6.07) is 35.4. The van der Waals surface area contributed by atoms with E-state index in [9.17, 15) is 0 Å². The number of halogens is 1. The standard InChI is InChI=1S/C28H16BrN/c29-20-12-8-17(9-13-20)19-11-14-22-24-15-10-18-4-3-6-23-21-5-1-2-7-25(21)30(26(22)16-19)28(24)27(18)23/h1-16H. The van der Waals surface area contributed by atoms with E-state index in [2.05, 4.69) is 117 Å². The maximum atomic E-state index is 3.55. The van der Waals surface area contributed by atoms with Gasteiger partial charge in [-0.15, -0.1) is 0 Å². The van der Waals surface area contributed by atoms with Gasteiger partial charge in [0.05, 0.1) is 16.6 Å². The number of fused-ring (bicyclic) bond motifs is 6. The predicted octanol–water partition coefficient (Wildman–Crippen LogP) is 8.42. The van der Waals surface area contributed by atoms with Gasteiger partial charge in [-0.2, -0.15) is 0 Å². The number of hydrogen-bond donors (Lipinski definition) is 0. The summed E-state index contributed by atoms with van der Waals surface area (Å²) >= 11 is 3.55. The number of hydrogen-bond acceptors (Lipinski definition) is 0. The smallest absolute Gasteiger partial charge is 0.0625 e. The number of aromatic nitrogens is 1. The van der Waals surface area contributed by atoms with Crippen LogP contribution in [0.15, 0.2) is 102 Å². The van der Waals surface area contributed by atoms with Crippen molar-refractivity contribution in [2.45, 2.75) is 0 Å². The average Bonchev–Trinajstić information content (AvgIpc) is 3.13. The van der Waals surface area contributed by atoms with Crippen molar-refractivity contribution in [3.63, 3.8) is 0 Å². The highest BCUT2D eigenvalue weighted by molar-refractivity contribution is 9.10. The van der Waals surface area contributed by atoms with Crippen molar-refractivity contribution in [1.82, 2.24) is 4.40 Å². The molecule has 0 amide bonds. The molecule has 0 N–H and O–H groups in total. The van der Waals surface area contributed by atoms with Crippen LogP contribution in [0, 0.1) is 0 Å². The fourth-order valence-corrected chi connectivity index (χ4v) is 5.33. The van der Waals surface area contributed by atoms with Crippen molar-refractivity contribution in [1.29, 1.82) is 0 Å². The fourth-order valence-electron chi connectivity index (χ4n) is 5.07. The summed E-state index contributed by atoms with van der Waals surface area (Å²) in [5.41, 5.74) is 6.32. The van der Waals surface area contributed by atoms with E-state index in [1.165, 1.54) is 60.0 Å². The van der Waals surface area contributed by atoms with Gasteiger partial charge in [-0.05, 0) is 46.2 Å². The highest BCUT2D eigenvalue weighted by atomic mass is 79.9. The van der Waals surface area contributed by atoms with E-state index in [4.69, 9.17) is 0 Å². The van der Waals surface area contributed by atoms with Crippen molar-refractivity contribution in [2.75, 3.05) is 0 Å². The minimum Gasteiger partial charge on any atom is -0.308 e. The summed E-state index contributed by atoms with van der Waals surface area (Å²) in [6.45, 7) is 0. The molecule has 5 aromatic carbocycles. The maximum absolute atomic E-state index is 3.55. The largest absolute Gasteiger partial charge is 0.308 e. The molecule has 7 rings (SSSR count). The zero-order chi connectivity index (χ0) is 19.8. The van der Waals surface area contributed by atoms with Crippen LogP contribution in [0.3, 0.4) is 0 Å². The van der Waals surface area contributed by atoms with Crippen LogP contribution in [-0.2, 0) is 0 Å². The Balaban J connectivity index is 1.74. The third-order valence-corrected chi connectivity index (χ3v) is 6.91. The second-order valence-corrected chi connectivity index (χ2v) is 8.87. The second kappa shape index (κ2) is 5.84. The molecule has 2 aromatic heterocycles. The van der Waals surface area contributed by atoms with Crippen molar-refractivity contribution in [2.24, 2.45) is 0 Å². The summed E-state index contributed by atoms with van der Waals surface area (Å²) in [6.07, 6.45) is 0. The lowest BCUT2D eigenvalue weighted by atomic mass is 9.98. The van der Waals surface area contributed by atoms with E-state index in [1.54, 1.807) is 0 Å². The van der Waals surface area contributed by atoms with Crippen LogP contribution < -0.4 is 0 Å². The molecule has 30 heavy (non-hydrogen) atoms. The first-order chi connectivity index (χ1) is 14.8. The molecular formula is C28H16BrN. The van der Waals surface area contributed by atoms with E-state index >= 15 is 0 Å². The summed E-state index contributed by atoms with van der Waals surface area (Å²) in [4.78, 5) is 0. The highest BCUT2D eigenvalue weighted by Gasteiger charge is 2.18. The first-order valence-corrected chi connectivity index (χ1v) is 10.9. The van der Waals surface area contributed by atoms with E-state index in [0.717, 1.165) is 4.47 Å². The Bertz CT molecular complexity index is 1740. The lowest BCUT2D eigenvalue weighted by molar-refractivity contribution is 1.35. The van der Waals surface area contributed by atoms with Gasteiger partial charge in [0, 0.05) is 26.0 Å². The van der Waals surface area contributed by atoms with E-state index < -0.39 is 0 Å². The van der Waals surface area contributed by atoms with Gasteiger partial charge in [0.25, 0.3) is 0 Å². The molecule has 2 heterocycles. The Morgan fingerprint density at radius 3 is 2.17 bits per heavy atom.